The molecule has 49 heavy (non-hydrogen) atoms. The van der Waals surface area contributed by atoms with E-state index in [0.717, 1.165) is 16.4 Å². The lowest BCUT2D eigenvalue weighted by atomic mass is 9.99. The van der Waals surface area contributed by atoms with Crippen LogP contribution in [-0.2, 0) is 15.9 Å². The van der Waals surface area contributed by atoms with Crippen molar-refractivity contribution in [2.45, 2.75) is 35.6 Å². The van der Waals surface area contributed by atoms with Crippen LogP contribution in [0, 0.1) is 11.3 Å². The molecule has 0 radical (unpaired) electrons. The second-order valence-corrected chi connectivity index (χ2v) is 14.1. The van der Waals surface area contributed by atoms with Crippen molar-refractivity contribution >= 4 is 33.2 Å². The van der Waals surface area contributed by atoms with Crippen molar-refractivity contribution in [3.05, 3.63) is 107 Å². The minimum atomic E-state index is -4.48. The van der Waals surface area contributed by atoms with E-state index in [1.54, 1.807) is 6.07 Å². The summed E-state index contributed by atoms with van der Waals surface area (Å²) in [5, 5.41) is 14.4. The van der Waals surface area contributed by atoms with E-state index in [1.807, 2.05) is 6.07 Å². The number of fused-ring (bicyclic) bond motifs is 3. The number of amides is 2. The Hall–Kier alpha value is -5.27. The first kappa shape index (κ1) is 32.3. The molecule has 0 bridgehead atoms. The smallest absolute Gasteiger partial charge is 0.298 e. The second kappa shape index (κ2) is 11.4. The van der Waals surface area contributed by atoms with Gasteiger partial charge in [0.1, 0.15) is 17.1 Å². The van der Waals surface area contributed by atoms with Crippen molar-refractivity contribution < 1.29 is 40.3 Å². The molecule has 1 N–H and O–H groups in total. The van der Waals surface area contributed by atoms with E-state index in [1.165, 1.54) is 77.5 Å². The predicted molar refractivity (Wildman–Crippen MR) is 167 cm³/mol. The van der Waals surface area contributed by atoms with Gasteiger partial charge in [0.15, 0.2) is 5.69 Å². The second-order valence-electron chi connectivity index (χ2n) is 11.9. The Morgan fingerprint density at radius 2 is 1.69 bits per heavy atom. The Bertz CT molecular complexity index is 2140. The molecule has 2 fully saturated rings. The van der Waals surface area contributed by atoms with E-state index >= 15 is 8.78 Å². The minimum absolute atomic E-state index is 0.0463. The van der Waals surface area contributed by atoms with Gasteiger partial charge < -0.3 is 15.0 Å². The zero-order valence-electron chi connectivity index (χ0n) is 25.6. The van der Waals surface area contributed by atoms with Crippen molar-refractivity contribution in [1.29, 1.82) is 5.26 Å². The van der Waals surface area contributed by atoms with Crippen LogP contribution in [0.3, 0.4) is 0 Å². The number of methoxy groups -OCH3 is 1. The van der Waals surface area contributed by atoms with Crippen LogP contribution in [0.2, 0.25) is 0 Å². The Kier molecular flexibility index (Phi) is 7.52. The summed E-state index contributed by atoms with van der Waals surface area (Å²) in [5.41, 5.74) is -0.492. The minimum Gasteiger partial charge on any atom is -0.495 e. The molecule has 11 nitrogen and oxygen atoms in total. The first-order valence-corrected chi connectivity index (χ1v) is 16.5. The number of sulfonamides is 1. The number of benzene rings is 3. The normalized spacial score (nSPS) is 21.4. The molecule has 1 saturated heterocycles. The number of carbonyl (C=O) groups is 2. The molecule has 1 unspecified atom stereocenters. The van der Waals surface area contributed by atoms with Crippen LogP contribution in [0.1, 0.15) is 50.0 Å². The van der Waals surface area contributed by atoms with Gasteiger partial charge in [-0.25, -0.2) is 17.2 Å². The molecular weight excluding hydrogens is 668 g/mol. The van der Waals surface area contributed by atoms with Crippen molar-refractivity contribution in [2.75, 3.05) is 30.4 Å². The van der Waals surface area contributed by atoms with E-state index in [9.17, 15) is 32.0 Å². The summed E-state index contributed by atoms with van der Waals surface area (Å²) in [6.45, 7) is -0.656. The average Bonchev–Trinajstić information content (AvgIpc) is 3.39. The largest absolute Gasteiger partial charge is 0.495 e. The molecular formula is C33H26F4N6O5S. The van der Waals surface area contributed by atoms with Gasteiger partial charge in [0.05, 0.1) is 36.6 Å². The number of nitrogens with one attached hydrogen (secondary N) is 1. The number of aromatic nitrogens is 2. The fourth-order valence-corrected chi connectivity index (χ4v) is 8.35. The zero-order valence-corrected chi connectivity index (χ0v) is 26.4. The number of alkyl halides is 4. The maximum Gasteiger partial charge on any atom is 0.298 e. The summed E-state index contributed by atoms with van der Waals surface area (Å²) in [4.78, 5) is 28.8. The molecule has 2 aliphatic heterocycles. The number of ether oxygens (including phenoxy) is 1. The highest BCUT2D eigenvalue weighted by Gasteiger charge is 2.67. The molecule has 3 aromatic carbocycles. The quantitative estimate of drug-likeness (QED) is 0.262. The number of hydrogen-bond acceptors (Lipinski definition) is 7. The van der Waals surface area contributed by atoms with Crippen LogP contribution in [0.25, 0.3) is 0 Å². The van der Waals surface area contributed by atoms with E-state index in [0.29, 0.717) is 0 Å². The molecule has 4 aromatic rings. The summed E-state index contributed by atoms with van der Waals surface area (Å²) >= 11 is 0. The fourth-order valence-electron chi connectivity index (χ4n) is 6.40. The van der Waals surface area contributed by atoms with Gasteiger partial charge in [-0.15, -0.1) is 0 Å². The van der Waals surface area contributed by atoms with Gasteiger partial charge in [-0.2, -0.15) is 23.4 Å². The lowest BCUT2D eigenvalue weighted by molar-refractivity contribution is 0.0428. The number of nitrogens with zero attached hydrogens (tertiary/aromatic N) is 5. The lowest BCUT2D eigenvalue weighted by Crippen LogP contribution is -2.51. The summed E-state index contributed by atoms with van der Waals surface area (Å²) < 4.78 is 92.3. The first-order chi connectivity index (χ1) is 23.3. The van der Waals surface area contributed by atoms with E-state index in [-0.39, 0.29) is 58.2 Å². The third-order valence-electron chi connectivity index (χ3n) is 9.05. The standard InChI is InChI=1S/C33H26F4N6O5S/c1-48-27-12-7-19(13-20(27)15-38)30(44)40-24-16-39-43-26-18-41(49(46,47)28-14-32(28,34)35)17-25(26)42(31(45)29(24)43)23-10-8-22(9-11-23)33(36,37)21-5-3-2-4-6-21/h2-13,16,25-26,28H,14,17-18H2,1H3,(H,40,44)/t25-,26+,28?/m0/s1. The Balaban J connectivity index is 1.26. The maximum atomic E-state index is 15.3. The molecule has 7 rings (SSSR count). The van der Waals surface area contributed by atoms with Crippen LogP contribution in [-0.4, -0.2) is 71.7 Å². The van der Waals surface area contributed by atoms with Crippen LogP contribution in [0.5, 0.6) is 5.75 Å². The molecule has 1 aliphatic carbocycles. The molecule has 3 atom stereocenters. The van der Waals surface area contributed by atoms with E-state index in [2.05, 4.69) is 10.4 Å². The van der Waals surface area contributed by atoms with Crippen molar-refractivity contribution in [1.82, 2.24) is 14.1 Å². The van der Waals surface area contributed by atoms with Gasteiger partial charge in [0, 0.05) is 41.9 Å². The SMILES string of the molecule is COc1ccc(C(=O)Nc2cnn3c2C(=O)N(c2ccc(C(F)(F)c4ccccc4)cc2)[C@H]2CN(S(=O)(=O)C4CC4(F)F)C[C@H]23)cc1C#N. The van der Waals surface area contributed by atoms with Gasteiger partial charge >= 0.3 is 0 Å². The Morgan fingerprint density at radius 3 is 2.33 bits per heavy atom. The van der Waals surface area contributed by atoms with Crippen LogP contribution < -0.4 is 15.0 Å². The zero-order chi connectivity index (χ0) is 34.9. The average molecular weight is 695 g/mol. The molecule has 2 amide bonds. The van der Waals surface area contributed by atoms with Crippen molar-refractivity contribution in [3.63, 3.8) is 0 Å². The van der Waals surface area contributed by atoms with Gasteiger partial charge in [-0.1, -0.05) is 42.5 Å². The Morgan fingerprint density at radius 1 is 1.04 bits per heavy atom. The van der Waals surface area contributed by atoms with Gasteiger partial charge in [-0.05, 0) is 30.3 Å². The third kappa shape index (κ3) is 5.29. The number of rotatable bonds is 8. The highest BCUT2D eigenvalue weighted by atomic mass is 32.2. The highest BCUT2D eigenvalue weighted by molar-refractivity contribution is 7.90. The molecule has 0 spiro atoms. The predicted octanol–water partition coefficient (Wildman–Crippen LogP) is 4.78. The van der Waals surface area contributed by atoms with Crippen LogP contribution >= 0.6 is 0 Å². The van der Waals surface area contributed by atoms with Crippen molar-refractivity contribution in [3.8, 4) is 11.8 Å². The maximum absolute atomic E-state index is 15.3. The summed E-state index contributed by atoms with van der Waals surface area (Å²) in [7, 11) is -3.11. The molecule has 1 aromatic heterocycles. The lowest BCUT2D eigenvalue weighted by Gasteiger charge is -2.37. The fraction of sp³-hybridized carbons (Fsp3) is 0.273. The van der Waals surface area contributed by atoms with Crippen LogP contribution in [0.4, 0.5) is 28.9 Å². The van der Waals surface area contributed by atoms with Gasteiger partial charge in [0.2, 0.25) is 10.0 Å². The van der Waals surface area contributed by atoms with Gasteiger partial charge in [0.25, 0.3) is 23.7 Å². The Labute approximate surface area is 277 Å². The number of halogens is 4. The molecule has 1 saturated carbocycles. The number of hydrogen-bond donors (Lipinski definition) is 1. The van der Waals surface area contributed by atoms with Crippen LogP contribution in [0.15, 0.2) is 79.0 Å². The summed E-state index contributed by atoms with van der Waals surface area (Å²) in [6, 6.07) is 16.3. The molecule has 3 heterocycles. The topological polar surface area (TPSA) is 138 Å². The van der Waals surface area contributed by atoms with E-state index in [4.69, 9.17) is 4.74 Å². The first-order valence-electron chi connectivity index (χ1n) is 15.0. The number of nitriles is 1. The highest BCUT2D eigenvalue weighted by Crippen LogP contribution is 2.50. The number of anilines is 2. The molecule has 252 valence electrons. The van der Waals surface area contributed by atoms with E-state index < -0.39 is 57.4 Å². The molecule has 16 heteroatoms. The summed E-state index contributed by atoms with van der Waals surface area (Å²) in [6.07, 6.45) is 0.388. The molecule has 3 aliphatic rings. The monoisotopic (exact) mass is 694 g/mol. The third-order valence-corrected chi connectivity index (χ3v) is 11.3. The van der Waals surface area contributed by atoms with Crippen molar-refractivity contribution in [2.24, 2.45) is 0 Å². The van der Waals surface area contributed by atoms with Gasteiger partial charge in [-0.3, -0.25) is 14.3 Å². The summed E-state index contributed by atoms with van der Waals surface area (Å²) in [5.74, 6) is -7.93. The number of carbonyl (C=O) groups excluding carboxylic acids is 2.